The molecule has 0 saturated carbocycles. The average molecular weight is 461 g/mol. The Balaban J connectivity index is 1.61. The van der Waals surface area contributed by atoms with Gasteiger partial charge in [-0.15, -0.1) is 0 Å². The van der Waals surface area contributed by atoms with E-state index in [1.807, 2.05) is 41.4 Å². The third kappa shape index (κ3) is 3.55. The van der Waals surface area contributed by atoms with Crippen LogP contribution < -0.4 is 18.9 Å². The summed E-state index contributed by atoms with van der Waals surface area (Å²) in [7, 11) is 4.78. The number of ether oxygens (including phenoxy) is 4. The second-order valence-corrected chi connectivity index (χ2v) is 7.92. The van der Waals surface area contributed by atoms with Crippen molar-refractivity contribution in [2.75, 3.05) is 21.3 Å². The van der Waals surface area contributed by atoms with E-state index in [0.717, 1.165) is 16.8 Å². The summed E-state index contributed by atoms with van der Waals surface area (Å²) in [6.07, 6.45) is -0.0453. The van der Waals surface area contributed by atoms with E-state index >= 15 is 0 Å². The number of hydrazone groups is 1. The Morgan fingerprint density at radius 2 is 1.74 bits per heavy atom. The van der Waals surface area contributed by atoms with E-state index in [-0.39, 0.29) is 11.7 Å². The molecule has 2 atom stereocenters. The highest BCUT2D eigenvalue weighted by molar-refractivity contribution is 6.02. The van der Waals surface area contributed by atoms with Crippen LogP contribution in [0.2, 0.25) is 0 Å². The molecule has 2 aliphatic rings. The summed E-state index contributed by atoms with van der Waals surface area (Å²) < 4.78 is 22.8. The summed E-state index contributed by atoms with van der Waals surface area (Å²) in [6.45, 7) is 0. The number of fused-ring (bicyclic) bond motifs is 3. The summed E-state index contributed by atoms with van der Waals surface area (Å²) in [5, 5.41) is 18.2. The minimum absolute atomic E-state index is 0.00763. The zero-order valence-electron chi connectivity index (χ0n) is 18.9. The Hall–Kier alpha value is -4.27. The molecule has 34 heavy (non-hydrogen) atoms. The SMILES string of the molecule is COc1ccc(C2=NN3[C@@H](C2)c2cccc(OC)c2O[C@H]3c2cccc([N+](=O)[O-])c2)cc1OC. The largest absolute Gasteiger partial charge is 0.493 e. The number of benzene rings is 3. The molecule has 5 rings (SSSR count). The van der Waals surface area contributed by atoms with Gasteiger partial charge in [-0.3, -0.25) is 10.1 Å². The van der Waals surface area contributed by atoms with Crippen LogP contribution in [0.4, 0.5) is 5.69 Å². The quantitative estimate of drug-likeness (QED) is 0.382. The lowest BCUT2D eigenvalue weighted by molar-refractivity contribution is -0.385. The zero-order chi connectivity index (χ0) is 23.8. The molecule has 0 bridgehead atoms. The first-order valence-corrected chi connectivity index (χ1v) is 10.7. The Kier molecular flexibility index (Phi) is 5.45. The van der Waals surface area contributed by atoms with E-state index in [9.17, 15) is 10.1 Å². The van der Waals surface area contributed by atoms with Crippen molar-refractivity contribution in [1.29, 1.82) is 0 Å². The van der Waals surface area contributed by atoms with Gasteiger partial charge in [-0.25, -0.2) is 5.01 Å². The van der Waals surface area contributed by atoms with Gasteiger partial charge in [0.25, 0.3) is 5.69 Å². The predicted octanol–water partition coefficient (Wildman–Crippen LogP) is 4.86. The van der Waals surface area contributed by atoms with Crippen molar-refractivity contribution in [3.05, 3.63) is 87.5 Å². The molecule has 0 aliphatic carbocycles. The fourth-order valence-corrected chi connectivity index (χ4v) is 4.45. The van der Waals surface area contributed by atoms with Gasteiger partial charge < -0.3 is 18.9 Å². The summed E-state index contributed by atoms with van der Waals surface area (Å²) in [6, 6.07) is 17.7. The van der Waals surface area contributed by atoms with Gasteiger partial charge in [0, 0.05) is 35.2 Å². The summed E-state index contributed by atoms with van der Waals surface area (Å²) in [4.78, 5) is 11.0. The fourth-order valence-electron chi connectivity index (χ4n) is 4.45. The second-order valence-electron chi connectivity index (χ2n) is 7.92. The molecule has 9 heteroatoms. The van der Waals surface area contributed by atoms with Gasteiger partial charge in [0.2, 0.25) is 6.23 Å². The standard InChI is InChI=1S/C25H23N3O6/c1-31-21-11-10-15(13-23(21)33-3)19-14-20-18-8-5-9-22(32-2)24(18)34-25(27(20)26-19)16-6-4-7-17(12-16)28(29)30/h4-13,20,25H,14H2,1-3H3/t20-,25-/m0/s1. The molecular formula is C25H23N3O6. The molecule has 0 saturated heterocycles. The predicted molar refractivity (Wildman–Crippen MR) is 125 cm³/mol. The van der Waals surface area contributed by atoms with Crippen molar-refractivity contribution >= 4 is 11.4 Å². The molecule has 0 radical (unpaired) electrons. The number of nitro benzene ring substituents is 1. The summed E-state index contributed by atoms with van der Waals surface area (Å²) >= 11 is 0. The smallest absolute Gasteiger partial charge is 0.269 e. The maximum Gasteiger partial charge on any atom is 0.269 e. The Morgan fingerprint density at radius 1 is 0.971 bits per heavy atom. The zero-order valence-corrected chi connectivity index (χ0v) is 18.9. The molecular weight excluding hydrogens is 438 g/mol. The third-order valence-corrected chi connectivity index (χ3v) is 6.08. The van der Waals surface area contributed by atoms with Crippen molar-refractivity contribution < 1.29 is 23.9 Å². The molecule has 9 nitrogen and oxygen atoms in total. The van der Waals surface area contributed by atoms with Crippen molar-refractivity contribution in [3.8, 4) is 23.0 Å². The molecule has 0 aromatic heterocycles. The van der Waals surface area contributed by atoms with Gasteiger partial charge >= 0.3 is 0 Å². The number of hydrogen-bond donors (Lipinski definition) is 0. The Labute approximate surface area is 196 Å². The van der Waals surface area contributed by atoms with Crippen molar-refractivity contribution in [3.63, 3.8) is 0 Å². The maximum atomic E-state index is 11.4. The van der Waals surface area contributed by atoms with E-state index < -0.39 is 11.2 Å². The van der Waals surface area contributed by atoms with Crippen LogP contribution in [-0.4, -0.2) is 37.0 Å². The first-order chi connectivity index (χ1) is 16.5. The normalized spacial score (nSPS) is 18.3. The molecule has 2 aliphatic heterocycles. The third-order valence-electron chi connectivity index (χ3n) is 6.08. The van der Waals surface area contributed by atoms with E-state index in [4.69, 9.17) is 24.0 Å². The lowest BCUT2D eigenvalue weighted by atomic mass is 9.95. The number of hydrogen-bond acceptors (Lipinski definition) is 8. The van der Waals surface area contributed by atoms with Crippen LogP contribution in [0.3, 0.4) is 0 Å². The van der Waals surface area contributed by atoms with Gasteiger partial charge in [0.1, 0.15) is 0 Å². The molecule has 0 unspecified atom stereocenters. The summed E-state index contributed by atoms with van der Waals surface area (Å²) in [5.74, 6) is 2.47. The molecule has 3 aromatic rings. The molecule has 3 aromatic carbocycles. The Bertz CT molecular complexity index is 1290. The highest BCUT2D eigenvalue weighted by Gasteiger charge is 2.42. The maximum absolute atomic E-state index is 11.4. The molecule has 0 fully saturated rings. The minimum Gasteiger partial charge on any atom is -0.493 e. The van der Waals surface area contributed by atoms with Crippen LogP contribution in [0.25, 0.3) is 0 Å². The first kappa shape index (κ1) is 21.6. The van der Waals surface area contributed by atoms with Crippen LogP contribution >= 0.6 is 0 Å². The summed E-state index contributed by atoms with van der Waals surface area (Å²) in [5.41, 5.74) is 3.31. The molecule has 0 spiro atoms. The Morgan fingerprint density at radius 3 is 2.47 bits per heavy atom. The second kappa shape index (κ2) is 8.58. The van der Waals surface area contributed by atoms with Gasteiger partial charge in [0.15, 0.2) is 23.0 Å². The highest BCUT2D eigenvalue weighted by atomic mass is 16.6. The number of non-ortho nitro benzene ring substituents is 1. The lowest BCUT2D eigenvalue weighted by Crippen LogP contribution is -2.33. The number of nitrogens with zero attached hydrogens (tertiary/aromatic N) is 3. The minimum atomic E-state index is -0.661. The van der Waals surface area contributed by atoms with Gasteiger partial charge in [-0.05, 0) is 24.3 Å². The van der Waals surface area contributed by atoms with Crippen molar-refractivity contribution in [2.45, 2.75) is 18.7 Å². The first-order valence-electron chi connectivity index (χ1n) is 10.7. The number of methoxy groups -OCH3 is 3. The molecule has 0 amide bonds. The number of nitro groups is 1. The number of para-hydroxylation sites is 1. The number of rotatable bonds is 6. The van der Waals surface area contributed by atoms with E-state index in [1.165, 1.54) is 12.1 Å². The van der Waals surface area contributed by atoms with Crippen LogP contribution in [0.15, 0.2) is 65.8 Å². The van der Waals surface area contributed by atoms with Gasteiger partial charge in [-0.1, -0.05) is 24.3 Å². The van der Waals surface area contributed by atoms with Crippen molar-refractivity contribution in [1.82, 2.24) is 5.01 Å². The van der Waals surface area contributed by atoms with Gasteiger partial charge in [0.05, 0.1) is 38.0 Å². The fraction of sp³-hybridized carbons (Fsp3) is 0.240. The monoisotopic (exact) mass is 461 g/mol. The molecule has 174 valence electrons. The van der Waals surface area contributed by atoms with E-state index in [2.05, 4.69) is 0 Å². The van der Waals surface area contributed by atoms with Crippen molar-refractivity contribution in [2.24, 2.45) is 5.10 Å². The van der Waals surface area contributed by atoms with Crippen LogP contribution in [0.5, 0.6) is 23.0 Å². The van der Waals surface area contributed by atoms with Crippen LogP contribution in [0.1, 0.15) is 35.4 Å². The van der Waals surface area contributed by atoms with Crippen LogP contribution in [0, 0.1) is 10.1 Å². The van der Waals surface area contributed by atoms with Crippen LogP contribution in [-0.2, 0) is 0 Å². The van der Waals surface area contributed by atoms with E-state index in [1.54, 1.807) is 33.5 Å². The van der Waals surface area contributed by atoms with E-state index in [0.29, 0.717) is 35.0 Å². The molecule has 0 N–H and O–H groups in total. The average Bonchev–Trinajstić information content (AvgIpc) is 3.33. The highest BCUT2D eigenvalue weighted by Crippen LogP contribution is 2.51. The topological polar surface area (TPSA) is 95.7 Å². The molecule has 2 heterocycles. The lowest BCUT2D eigenvalue weighted by Gasteiger charge is -2.38. The van der Waals surface area contributed by atoms with Gasteiger partial charge in [-0.2, -0.15) is 5.10 Å².